The van der Waals surface area contributed by atoms with Gasteiger partial charge in [-0.1, -0.05) is 6.92 Å². The normalized spacial score (nSPS) is 27.8. The Balaban J connectivity index is 2.02. The van der Waals surface area contributed by atoms with Crippen LogP contribution in [0.1, 0.15) is 19.8 Å². The number of hydrogen-bond donors (Lipinski definition) is 3. The van der Waals surface area contributed by atoms with Crippen molar-refractivity contribution in [2.24, 2.45) is 5.73 Å². The van der Waals surface area contributed by atoms with Crippen molar-refractivity contribution in [2.75, 3.05) is 6.54 Å². The molecule has 0 spiro atoms. The molecule has 0 aromatic heterocycles. The van der Waals surface area contributed by atoms with Crippen molar-refractivity contribution in [3.8, 4) is 0 Å². The van der Waals surface area contributed by atoms with Crippen LogP contribution < -0.4 is 16.4 Å². The Labute approximate surface area is 66.5 Å². The zero-order valence-corrected chi connectivity index (χ0v) is 6.76. The van der Waals surface area contributed by atoms with Crippen LogP contribution in [0, 0.1) is 0 Å². The van der Waals surface area contributed by atoms with Gasteiger partial charge >= 0.3 is 6.03 Å². The van der Waals surface area contributed by atoms with Crippen molar-refractivity contribution in [1.29, 1.82) is 0 Å². The van der Waals surface area contributed by atoms with Gasteiger partial charge in [0.2, 0.25) is 0 Å². The second-order valence-corrected chi connectivity index (χ2v) is 2.91. The summed E-state index contributed by atoms with van der Waals surface area (Å²) in [6, 6.07) is 0.305. The van der Waals surface area contributed by atoms with Gasteiger partial charge < -0.3 is 16.4 Å². The summed E-state index contributed by atoms with van der Waals surface area (Å²) in [4.78, 5) is 10.9. The maximum absolute atomic E-state index is 10.9. The lowest BCUT2D eigenvalue weighted by atomic mass is 10.5. The van der Waals surface area contributed by atoms with Crippen molar-refractivity contribution < 1.29 is 4.79 Å². The minimum Gasteiger partial charge on any atom is -0.338 e. The van der Waals surface area contributed by atoms with Crippen LogP contribution in [0.4, 0.5) is 4.79 Å². The zero-order chi connectivity index (χ0) is 8.27. The highest BCUT2D eigenvalue weighted by Crippen LogP contribution is 2.17. The Bertz CT molecular complexity index is 149. The van der Waals surface area contributed by atoms with Crippen LogP contribution in [-0.4, -0.2) is 24.7 Å². The molecule has 0 bridgehead atoms. The molecule has 64 valence electrons. The number of nitrogens with two attached hydrogens (primary N) is 1. The summed E-state index contributed by atoms with van der Waals surface area (Å²) in [6.07, 6.45) is 1.88. The monoisotopic (exact) mass is 157 g/mol. The molecule has 11 heavy (non-hydrogen) atoms. The summed E-state index contributed by atoms with van der Waals surface area (Å²) in [5, 5.41) is 5.48. The van der Waals surface area contributed by atoms with E-state index in [0.717, 1.165) is 19.4 Å². The number of urea groups is 1. The predicted octanol–water partition coefficient (Wildman–Crippen LogP) is -0.205. The fourth-order valence-electron chi connectivity index (χ4n) is 0.839. The van der Waals surface area contributed by atoms with Gasteiger partial charge in [-0.3, -0.25) is 0 Å². The molecule has 2 atom stereocenters. The van der Waals surface area contributed by atoms with Gasteiger partial charge in [-0.2, -0.15) is 0 Å². The summed E-state index contributed by atoms with van der Waals surface area (Å²) in [5.74, 6) is 0. The van der Waals surface area contributed by atoms with Gasteiger partial charge in [-0.25, -0.2) is 4.79 Å². The van der Waals surface area contributed by atoms with Crippen molar-refractivity contribution in [3.63, 3.8) is 0 Å². The summed E-state index contributed by atoms with van der Waals surface area (Å²) in [6.45, 7) is 2.75. The Hall–Kier alpha value is -0.770. The lowest BCUT2D eigenvalue weighted by Crippen LogP contribution is -2.39. The molecule has 2 amide bonds. The maximum atomic E-state index is 10.9. The minimum absolute atomic E-state index is 0.0928. The van der Waals surface area contributed by atoms with Crippen LogP contribution in [0.15, 0.2) is 0 Å². The first kappa shape index (κ1) is 8.33. The number of rotatable bonds is 3. The highest BCUT2D eigenvalue weighted by molar-refractivity contribution is 5.74. The number of nitrogens with one attached hydrogen (secondary N) is 2. The molecule has 1 fully saturated rings. The molecule has 0 radical (unpaired) electrons. The van der Waals surface area contributed by atoms with E-state index >= 15 is 0 Å². The second-order valence-electron chi connectivity index (χ2n) is 2.91. The van der Waals surface area contributed by atoms with Crippen LogP contribution in [0.25, 0.3) is 0 Å². The number of hydrogen-bond acceptors (Lipinski definition) is 2. The van der Waals surface area contributed by atoms with Gasteiger partial charge in [-0.15, -0.1) is 0 Å². The van der Waals surface area contributed by atoms with Gasteiger partial charge in [0, 0.05) is 18.6 Å². The minimum atomic E-state index is -0.0928. The van der Waals surface area contributed by atoms with Crippen molar-refractivity contribution in [1.82, 2.24) is 10.6 Å². The van der Waals surface area contributed by atoms with E-state index in [9.17, 15) is 4.79 Å². The molecule has 0 aromatic carbocycles. The van der Waals surface area contributed by atoms with Crippen LogP contribution in [-0.2, 0) is 0 Å². The van der Waals surface area contributed by atoms with E-state index in [4.69, 9.17) is 5.73 Å². The molecule has 0 heterocycles. The number of carbonyl (C=O) groups is 1. The highest BCUT2D eigenvalue weighted by Gasteiger charge is 2.34. The van der Waals surface area contributed by atoms with Gasteiger partial charge in [-0.05, 0) is 12.8 Å². The fourth-order valence-corrected chi connectivity index (χ4v) is 0.839. The largest absolute Gasteiger partial charge is 0.338 e. The lowest BCUT2D eigenvalue weighted by Gasteiger charge is -2.04. The Morgan fingerprint density at radius 2 is 2.36 bits per heavy atom. The van der Waals surface area contributed by atoms with Gasteiger partial charge in [0.05, 0.1) is 0 Å². The predicted molar refractivity (Wildman–Crippen MR) is 43.2 cm³/mol. The summed E-state index contributed by atoms with van der Waals surface area (Å²) >= 11 is 0. The van der Waals surface area contributed by atoms with E-state index in [1.54, 1.807) is 0 Å². The lowest BCUT2D eigenvalue weighted by molar-refractivity contribution is 0.240. The van der Waals surface area contributed by atoms with Crippen LogP contribution in [0.5, 0.6) is 0 Å². The molecule has 4 N–H and O–H groups in total. The SMILES string of the molecule is CCCNC(=O)NC1CC1N. The summed E-state index contributed by atoms with van der Waals surface area (Å²) in [7, 11) is 0. The quantitative estimate of drug-likeness (QED) is 0.531. The Kier molecular flexibility index (Phi) is 2.70. The zero-order valence-electron chi connectivity index (χ0n) is 6.76. The third-order valence-corrected chi connectivity index (χ3v) is 1.69. The molecule has 0 aromatic rings. The molecule has 4 nitrogen and oxygen atoms in total. The van der Waals surface area contributed by atoms with E-state index < -0.39 is 0 Å². The van der Waals surface area contributed by atoms with Crippen LogP contribution in [0.3, 0.4) is 0 Å². The fraction of sp³-hybridized carbons (Fsp3) is 0.857. The van der Waals surface area contributed by atoms with Gasteiger partial charge in [0.15, 0.2) is 0 Å². The molecule has 4 heteroatoms. The Morgan fingerprint density at radius 3 is 2.82 bits per heavy atom. The third kappa shape index (κ3) is 2.76. The van der Waals surface area contributed by atoms with E-state index in [1.807, 2.05) is 6.92 Å². The van der Waals surface area contributed by atoms with E-state index in [1.165, 1.54) is 0 Å². The number of carbonyl (C=O) groups excluding carboxylic acids is 1. The first-order chi connectivity index (χ1) is 5.24. The first-order valence-electron chi connectivity index (χ1n) is 4.04. The van der Waals surface area contributed by atoms with E-state index in [0.29, 0.717) is 0 Å². The van der Waals surface area contributed by atoms with Crippen molar-refractivity contribution in [3.05, 3.63) is 0 Å². The van der Waals surface area contributed by atoms with Crippen LogP contribution >= 0.6 is 0 Å². The molecule has 2 unspecified atom stereocenters. The molecule has 0 aliphatic heterocycles. The average molecular weight is 157 g/mol. The molecule has 1 rings (SSSR count). The molecule has 1 saturated carbocycles. The molecular weight excluding hydrogens is 142 g/mol. The standard InChI is InChI=1S/C7H15N3O/c1-2-3-9-7(11)10-6-4-5(6)8/h5-6H,2-4,8H2,1H3,(H2,9,10,11). The Morgan fingerprint density at radius 1 is 1.73 bits per heavy atom. The number of amides is 2. The van der Waals surface area contributed by atoms with Gasteiger partial charge in [0.1, 0.15) is 0 Å². The molecule has 0 saturated heterocycles. The van der Waals surface area contributed by atoms with Gasteiger partial charge in [0.25, 0.3) is 0 Å². The smallest absolute Gasteiger partial charge is 0.315 e. The summed E-state index contributed by atoms with van der Waals surface area (Å²) < 4.78 is 0. The maximum Gasteiger partial charge on any atom is 0.315 e. The second kappa shape index (κ2) is 3.57. The molecule has 1 aliphatic carbocycles. The van der Waals surface area contributed by atoms with Crippen molar-refractivity contribution in [2.45, 2.75) is 31.8 Å². The van der Waals surface area contributed by atoms with Crippen LogP contribution in [0.2, 0.25) is 0 Å². The van der Waals surface area contributed by atoms with E-state index in [2.05, 4.69) is 10.6 Å². The highest BCUT2D eigenvalue weighted by atomic mass is 16.2. The molecule has 1 aliphatic rings. The average Bonchev–Trinajstić information content (AvgIpc) is 2.62. The topological polar surface area (TPSA) is 67.2 Å². The van der Waals surface area contributed by atoms with Crippen molar-refractivity contribution >= 4 is 6.03 Å². The third-order valence-electron chi connectivity index (χ3n) is 1.69. The summed E-state index contributed by atoms with van der Waals surface area (Å²) in [5.41, 5.74) is 5.50. The first-order valence-corrected chi connectivity index (χ1v) is 4.04. The van der Waals surface area contributed by atoms with E-state index in [-0.39, 0.29) is 18.1 Å². The molecular formula is C7H15N3O.